The lowest BCUT2D eigenvalue weighted by molar-refractivity contribution is 0.0782. The van der Waals surface area contributed by atoms with Crippen LogP contribution in [0.2, 0.25) is 0 Å². The van der Waals surface area contributed by atoms with Gasteiger partial charge in [-0.1, -0.05) is 48.0 Å². The quantitative estimate of drug-likeness (QED) is 0.867. The van der Waals surface area contributed by atoms with Crippen molar-refractivity contribution < 1.29 is 9.90 Å². The molecule has 0 saturated heterocycles. The summed E-state index contributed by atoms with van der Waals surface area (Å²) in [7, 11) is 1.74. The Balaban J connectivity index is 2.15. The zero-order valence-electron chi connectivity index (χ0n) is 13.0. The van der Waals surface area contributed by atoms with Gasteiger partial charge >= 0.3 is 0 Å². The van der Waals surface area contributed by atoms with Crippen LogP contribution in [0.3, 0.4) is 0 Å². The maximum Gasteiger partial charge on any atom is 0.257 e. The summed E-state index contributed by atoms with van der Waals surface area (Å²) in [4.78, 5) is 14.1. The monoisotopic (exact) mass is 361 g/mol. The van der Waals surface area contributed by atoms with Crippen LogP contribution in [0.1, 0.15) is 41.3 Å². The Hall–Kier alpha value is -1.81. The van der Waals surface area contributed by atoms with Gasteiger partial charge in [-0.05, 0) is 41.3 Å². The van der Waals surface area contributed by atoms with Gasteiger partial charge in [-0.2, -0.15) is 0 Å². The van der Waals surface area contributed by atoms with E-state index in [0.29, 0.717) is 18.0 Å². The first-order valence-electron chi connectivity index (χ1n) is 7.21. The fourth-order valence-electron chi connectivity index (χ4n) is 2.23. The fourth-order valence-corrected chi connectivity index (χ4v) is 2.49. The number of carbonyl (C=O) groups is 1. The van der Waals surface area contributed by atoms with Crippen LogP contribution in [-0.2, 0) is 6.54 Å². The third kappa shape index (κ3) is 3.89. The molecule has 0 aromatic heterocycles. The third-order valence-corrected chi connectivity index (χ3v) is 4.13. The van der Waals surface area contributed by atoms with E-state index >= 15 is 0 Å². The Morgan fingerprint density at radius 1 is 1.18 bits per heavy atom. The molecular formula is C18H20BrNO2. The van der Waals surface area contributed by atoms with Gasteiger partial charge in [-0.15, -0.1) is 0 Å². The summed E-state index contributed by atoms with van der Waals surface area (Å²) < 4.78 is 1.01. The van der Waals surface area contributed by atoms with E-state index in [9.17, 15) is 9.90 Å². The molecule has 0 unspecified atom stereocenters. The summed E-state index contributed by atoms with van der Waals surface area (Å²) in [6, 6.07) is 13.1. The molecule has 22 heavy (non-hydrogen) atoms. The normalized spacial score (nSPS) is 10.8. The van der Waals surface area contributed by atoms with E-state index in [1.165, 1.54) is 0 Å². The van der Waals surface area contributed by atoms with Crippen LogP contribution in [0, 0.1) is 0 Å². The van der Waals surface area contributed by atoms with E-state index < -0.39 is 0 Å². The predicted octanol–water partition coefficient (Wildman–Crippen LogP) is 4.55. The van der Waals surface area contributed by atoms with Crippen molar-refractivity contribution in [2.24, 2.45) is 0 Å². The Morgan fingerprint density at radius 2 is 1.82 bits per heavy atom. The summed E-state index contributed by atoms with van der Waals surface area (Å²) in [5.41, 5.74) is 2.39. The van der Waals surface area contributed by atoms with Crippen molar-refractivity contribution in [3.63, 3.8) is 0 Å². The molecule has 0 aliphatic carbocycles. The average Bonchev–Trinajstić information content (AvgIpc) is 2.48. The minimum Gasteiger partial charge on any atom is -0.507 e. The van der Waals surface area contributed by atoms with Crippen LogP contribution in [0.15, 0.2) is 46.9 Å². The SMILES string of the molecule is CC(C)c1ccc(C(=O)N(C)Cc2ccc(Br)cc2)c(O)c1. The first-order valence-corrected chi connectivity index (χ1v) is 8.00. The minimum absolute atomic E-state index is 0.0406. The van der Waals surface area contributed by atoms with Crippen molar-refractivity contribution in [3.05, 3.63) is 63.6 Å². The molecule has 116 valence electrons. The fraction of sp³-hybridized carbons (Fsp3) is 0.278. The molecule has 1 N–H and O–H groups in total. The number of amides is 1. The van der Waals surface area contributed by atoms with Crippen LogP contribution in [0.25, 0.3) is 0 Å². The number of benzene rings is 2. The highest BCUT2D eigenvalue weighted by atomic mass is 79.9. The van der Waals surface area contributed by atoms with Crippen molar-refractivity contribution in [3.8, 4) is 5.75 Å². The van der Waals surface area contributed by atoms with E-state index in [0.717, 1.165) is 15.6 Å². The lowest BCUT2D eigenvalue weighted by atomic mass is 10.0. The van der Waals surface area contributed by atoms with Crippen LogP contribution in [0.4, 0.5) is 0 Å². The number of hydrogen-bond donors (Lipinski definition) is 1. The molecule has 0 heterocycles. The third-order valence-electron chi connectivity index (χ3n) is 3.60. The van der Waals surface area contributed by atoms with E-state index in [2.05, 4.69) is 29.8 Å². The van der Waals surface area contributed by atoms with Gasteiger partial charge in [-0.25, -0.2) is 0 Å². The van der Waals surface area contributed by atoms with Crippen LogP contribution in [-0.4, -0.2) is 23.0 Å². The summed E-state index contributed by atoms with van der Waals surface area (Å²) in [6.45, 7) is 4.60. The smallest absolute Gasteiger partial charge is 0.257 e. The molecule has 3 nitrogen and oxygen atoms in total. The van der Waals surface area contributed by atoms with E-state index in [4.69, 9.17) is 0 Å². The number of phenolic OH excluding ortho intramolecular Hbond substituents is 1. The second-order valence-electron chi connectivity index (χ2n) is 5.72. The Labute approximate surface area is 139 Å². The predicted molar refractivity (Wildman–Crippen MR) is 92.1 cm³/mol. The number of aromatic hydroxyl groups is 1. The van der Waals surface area contributed by atoms with Gasteiger partial charge in [0.2, 0.25) is 0 Å². The summed E-state index contributed by atoms with van der Waals surface area (Å²) in [6.07, 6.45) is 0. The van der Waals surface area contributed by atoms with E-state index in [-0.39, 0.29) is 11.7 Å². The first kappa shape index (κ1) is 16.6. The van der Waals surface area contributed by atoms with Gasteiger partial charge in [-0.3, -0.25) is 4.79 Å². The topological polar surface area (TPSA) is 40.5 Å². The maximum atomic E-state index is 12.5. The molecular weight excluding hydrogens is 342 g/mol. The van der Waals surface area contributed by atoms with Crippen molar-refractivity contribution in [2.45, 2.75) is 26.3 Å². The van der Waals surface area contributed by atoms with Crippen LogP contribution in [0.5, 0.6) is 5.75 Å². The molecule has 0 spiro atoms. The number of carbonyl (C=O) groups excluding carboxylic acids is 1. The second kappa shape index (κ2) is 6.97. The number of nitrogens with zero attached hydrogens (tertiary/aromatic N) is 1. The highest BCUT2D eigenvalue weighted by molar-refractivity contribution is 9.10. The van der Waals surface area contributed by atoms with Gasteiger partial charge in [0, 0.05) is 18.1 Å². The molecule has 0 aliphatic rings. The number of phenols is 1. The van der Waals surface area contributed by atoms with Crippen LogP contribution < -0.4 is 0 Å². The second-order valence-corrected chi connectivity index (χ2v) is 6.63. The molecule has 0 atom stereocenters. The summed E-state index contributed by atoms with van der Waals surface area (Å²) >= 11 is 3.39. The van der Waals surface area contributed by atoms with Gasteiger partial charge < -0.3 is 10.0 Å². The van der Waals surface area contributed by atoms with Gasteiger partial charge in [0.25, 0.3) is 5.91 Å². The molecule has 0 fully saturated rings. The number of halogens is 1. The molecule has 0 aliphatic heterocycles. The van der Waals surface area contributed by atoms with E-state index in [1.54, 1.807) is 24.1 Å². The Kier molecular flexibility index (Phi) is 5.24. The zero-order valence-corrected chi connectivity index (χ0v) is 14.6. The molecule has 0 saturated carbocycles. The molecule has 0 bridgehead atoms. The Morgan fingerprint density at radius 3 is 2.36 bits per heavy atom. The molecule has 2 aromatic carbocycles. The average molecular weight is 362 g/mol. The van der Waals surface area contributed by atoms with Crippen molar-refractivity contribution in [2.75, 3.05) is 7.05 Å². The standard InChI is InChI=1S/C18H20BrNO2/c1-12(2)14-6-9-16(17(21)10-14)18(22)20(3)11-13-4-7-15(19)8-5-13/h4-10,12,21H,11H2,1-3H3. The van der Waals surface area contributed by atoms with Gasteiger partial charge in [0.1, 0.15) is 5.75 Å². The van der Waals surface area contributed by atoms with Crippen LogP contribution >= 0.6 is 15.9 Å². The maximum absolute atomic E-state index is 12.5. The number of rotatable bonds is 4. The number of hydrogen-bond acceptors (Lipinski definition) is 2. The zero-order chi connectivity index (χ0) is 16.3. The largest absolute Gasteiger partial charge is 0.507 e. The molecule has 4 heteroatoms. The van der Waals surface area contributed by atoms with Gasteiger partial charge in [0.15, 0.2) is 0 Å². The molecule has 1 amide bonds. The first-order chi connectivity index (χ1) is 10.4. The van der Waals surface area contributed by atoms with Gasteiger partial charge in [0.05, 0.1) is 5.56 Å². The van der Waals surface area contributed by atoms with E-state index in [1.807, 2.05) is 30.3 Å². The molecule has 2 rings (SSSR count). The summed E-state index contributed by atoms with van der Waals surface area (Å²) in [5, 5.41) is 10.1. The highest BCUT2D eigenvalue weighted by Gasteiger charge is 2.17. The van der Waals surface area contributed by atoms with Crippen molar-refractivity contribution >= 4 is 21.8 Å². The Bertz CT molecular complexity index is 665. The van der Waals surface area contributed by atoms with Crippen molar-refractivity contribution in [1.82, 2.24) is 4.90 Å². The molecule has 2 aromatic rings. The molecule has 0 radical (unpaired) electrons. The summed E-state index contributed by atoms with van der Waals surface area (Å²) in [5.74, 6) is 0.171. The minimum atomic E-state index is -0.185. The highest BCUT2D eigenvalue weighted by Crippen LogP contribution is 2.25. The lowest BCUT2D eigenvalue weighted by Crippen LogP contribution is -2.26. The van der Waals surface area contributed by atoms with Crippen molar-refractivity contribution in [1.29, 1.82) is 0 Å². The lowest BCUT2D eigenvalue weighted by Gasteiger charge is -2.18.